The number of aliphatic carboxylic acids is 1. The van der Waals surface area contributed by atoms with Crippen LogP contribution in [0.4, 0.5) is 0 Å². The zero-order valence-electron chi connectivity index (χ0n) is 12.4. The Balaban J connectivity index is 5.13. The molecule has 0 aliphatic carbocycles. The summed E-state index contributed by atoms with van der Waals surface area (Å²) >= 11 is 0. The van der Waals surface area contributed by atoms with Gasteiger partial charge in [0.1, 0.15) is 6.04 Å². The largest absolute Gasteiger partial charge is 0.480 e. The van der Waals surface area contributed by atoms with Crippen LogP contribution in [0.25, 0.3) is 0 Å². The summed E-state index contributed by atoms with van der Waals surface area (Å²) in [6.07, 6.45) is 1.38. The summed E-state index contributed by atoms with van der Waals surface area (Å²) in [5, 5.41) is 9.17. The van der Waals surface area contributed by atoms with Crippen LogP contribution in [0.1, 0.15) is 47.5 Å². The lowest BCUT2D eigenvalue weighted by Gasteiger charge is -2.30. The van der Waals surface area contributed by atoms with Crippen LogP contribution in [0.5, 0.6) is 0 Å². The van der Waals surface area contributed by atoms with Crippen molar-refractivity contribution in [3.05, 3.63) is 0 Å². The molecule has 0 aromatic carbocycles. The zero-order chi connectivity index (χ0) is 15.3. The zero-order valence-corrected chi connectivity index (χ0v) is 13.2. The molecule has 0 aromatic rings. The summed E-state index contributed by atoms with van der Waals surface area (Å²) in [5.41, 5.74) is -0.691. The Morgan fingerprint density at radius 2 is 1.63 bits per heavy atom. The molecule has 114 valence electrons. The first-order valence-corrected chi connectivity index (χ1v) is 8.00. The van der Waals surface area contributed by atoms with E-state index < -0.39 is 27.6 Å². The van der Waals surface area contributed by atoms with Gasteiger partial charge in [-0.2, -0.15) is 17.4 Å². The van der Waals surface area contributed by atoms with E-state index in [9.17, 15) is 13.2 Å². The van der Waals surface area contributed by atoms with Gasteiger partial charge in [0.25, 0.3) is 10.2 Å². The van der Waals surface area contributed by atoms with E-state index in [1.54, 1.807) is 20.8 Å². The van der Waals surface area contributed by atoms with E-state index in [4.69, 9.17) is 5.11 Å². The molecular weight excluding hydrogens is 268 g/mol. The summed E-state index contributed by atoms with van der Waals surface area (Å²) in [4.78, 5) is 11.2. The predicted octanol–water partition coefficient (Wildman–Crippen LogP) is 1.44. The average Bonchev–Trinajstić information content (AvgIpc) is 2.24. The minimum atomic E-state index is -3.77. The fraction of sp³-hybridized carbons (Fsp3) is 0.917. The van der Waals surface area contributed by atoms with Gasteiger partial charge >= 0.3 is 5.97 Å². The van der Waals surface area contributed by atoms with Crippen molar-refractivity contribution in [3.8, 4) is 0 Å². The van der Waals surface area contributed by atoms with Gasteiger partial charge in [-0.15, -0.1) is 0 Å². The fourth-order valence-corrected chi connectivity index (χ4v) is 3.42. The maximum Gasteiger partial charge on any atom is 0.322 e. The van der Waals surface area contributed by atoms with Gasteiger partial charge in [0.2, 0.25) is 0 Å². The number of carbonyl (C=O) groups is 1. The lowest BCUT2D eigenvalue weighted by Crippen LogP contribution is -2.53. The van der Waals surface area contributed by atoms with Gasteiger partial charge in [-0.1, -0.05) is 34.6 Å². The van der Waals surface area contributed by atoms with Crippen molar-refractivity contribution in [2.45, 2.75) is 53.5 Å². The maximum absolute atomic E-state index is 12.2. The van der Waals surface area contributed by atoms with E-state index in [2.05, 4.69) is 4.72 Å². The molecule has 0 saturated carbocycles. The average molecular weight is 294 g/mol. The molecule has 0 saturated heterocycles. The molecule has 0 rings (SSSR count). The van der Waals surface area contributed by atoms with Crippen LogP contribution in [-0.2, 0) is 15.0 Å². The molecule has 0 fully saturated rings. The number of hydrogen-bond acceptors (Lipinski definition) is 3. The van der Waals surface area contributed by atoms with Gasteiger partial charge < -0.3 is 5.11 Å². The smallest absolute Gasteiger partial charge is 0.322 e. The number of rotatable bonds is 8. The van der Waals surface area contributed by atoms with E-state index in [0.29, 0.717) is 25.9 Å². The van der Waals surface area contributed by atoms with Crippen molar-refractivity contribution < 1.29 is 18.3 Å². The Labute approximate surface area is 116 Å². The molecule has 19 heavy (non-hydrogen) atoms. The Morgan fingerprint density at radius 3 is 1.89 bits per heavy atom. The summed E-state index contributed by atoms with van der Waals surface area (Å²) in [7, 11) is -3.77. The Morgan fingerprint density at radius 1 is 1.21 bits per heavy atom. The van der Waals surface area contributed by atoms with Crippen LogP contribution in [0.2, 0.25) is 0 Å². The molecule has 0 amide bonds. The number of carboxylic acid groups (broad SMARTS) is 1. The summed E-state index contributed by atoms with van der Waals surface area (Å²) < 4.78 is 28.0. The highest BCUT2D eigenvalue weighted by atomic mass is 32.2. The van der Waals surface area contributed by atoms with E-state index in [-0.39, 0.29) is 0 Å². The highest BCUT2D eigenvalue weighted by Gasteiger charge is 2.36. The van der Waals surface area contributed by atoms with E-state index in [0.717, 1.165) is 0 Å². The highest BCUT2D eigenvalue weighted by Crippen LogP contribution is 2.20. The second-order valence-electron chi connectivity index (χ2n) is 5.66. The third-order valence-corrected chi connectivity index (χ3v) is 4.24. The molecule has 2 N–H and O–H groups in total. The molecule has 0 aliphatic rings. The van der Waals surface area contributed by atoms with Crippen LogP contribution in [0, 0.1) is 5.41 Å². The number of nitrogens with one attached hydrogen (secondary N) is 1. The van der Waals surface area contributed by atoms with Gasteiger partial charge in [0.05, 0.1) is 0 Å². The second kappa shape index (κ2) is 7.21. The molecule has 1 atom stereocenters. The topological polar surface area (TPSA) is 86.7 Å². The minimum absolute atomic E-state index is 0.389. The van der Waals surface area contributed by atoms with Crippen molar-refractivity contribution in [1.82, 2.24) is 9.03 Å². The third-order valence-electron chi connectivity index (χ3n) is 2.67. The molecule has 0 spiro atoms. The first-order chi connectivity index (χ1) is 8.56. The quantitative estimate of drug-likeness (QED) is 0.709. The minimum Gasteiger partial charge on any atom is -0.480 e. The molecular formula is C12H26N2O4S. The lowest BCUT2D eigenvalue weighted by atomic mass is 9.88. The first-order valence-electron chi connectivity index (χ1n) is 6.56. The van der Waals surface area contributed by atoms with Crippen molar-refractivity contribution >= 4 is 16.2 Å². The van der Waals surface area contributed by atoms with Gasteiger partial charge in [-0.25, -0.2) is 0 Å². The molecule has 0 radical (unpaired) electrons. The van der Waals surface area contributed by atoms with Crippen molar-refractivity contribution in [2.75, 3.05) is 13.1 Å². The van der Waals surface area contributed by atoms with Crippen LogP contribution in [-0.4, -0.2) is 42.9 Å². The van der Waals surface area contributed by atoms with Crippen LogP contribution in [0.3, 0.4) is 0 Å². The van der Waals surface area contributed by atoms with E-state index >= 15 is 0 Å². The number of carboxylic acids is 1. The summed E-state index contributed by atoms with van der Waals surface area (Å²) in [5.74, 6) is -1.16. The highest BCUT2D eigenvalue weighted by molar-refractivity contribution is 7.87. The van der Waals surface area contributed by atoms with Gasteiger partial charge in [0.15, 0.2) is 0 Å². The van der Waals surface area contributed by atoms with Crippen LogP contribution >= 0.6 is 0 Å². The van der Waals surface area contributed by atoms with Crippen LogP contribution in [0.15, 0.2) is 0 Å². The normalized spacial score (nSPS) is 14.6. The third kappa shape index (κ3) is 5.88. The Hall–Kier alpha value is -0.660. The maximum atomic E-state index is 12.2. The van der Waals surface area contributed by atoms with Crippen molar-refractivity contribution in [3.63, 3.8) is 0 Å². The molecule has 0 aromatic heterocycles. The van der Waals surface area contributed by atoms with Gasteiger partial charge in [-0.05, 0) is 18.3 Å². The van der Waals surface area contributed by atoms with E-state index in [1.165, 1.54) is 4.31 Å². The molecule has 6 nitrogen and oxygen atoms in total. The number of hydrogen-bond donors (Lipinski definition) is 2. The SMILES string of the molecule is CCCN(CCC)S(=O)(=O)NC(C(=O)O)C(C)(C)C. The van der Waals surface area contributed by atoms with Crippen LogP contribution < -0.4 is 4.72 Å². The van der Waals surface area contributed by atoms with Crippen molar-refractivity contribution in [2.24, 2.45) is 5.41 Å². The summed E-state index contributed by atoms with van der Waals surface area (Å²) in [6.45, 7) is 9.63. The Bertz CT molecular complexity index is 381. The van der Waals surface area contributed by atoms with E-state index in [1.807, 2.05) is 13.8 Å². The number of nitrogens with zero attached hydrogens (tertiary/aromatic N) is 1. The van der Waals surface area contributed by atoms with Gasteiger partial charge in [0, 0.05) is 13.1 Å². The molecule has 1 unspecified atom stereocenters. The first kappa shape index (κ1) is 18.3. The monoisotopic (exact) mass is 294 g/mol. The molecule has 0 bridgehead atoms. The lowest BCUT2D eigenvalue weighted by molar-refractivity contribution is -0.141. The second-order valence-corrected chi connectivity index (χ2v) is 7.36. The standard InChI is InChI=1S/C12H26N2O4S/c1-6-8-14(9-7-2)19(17,18)13-10(11(15)16)12(3,4)5/h10,13H,6-9H2,1-5H3,(H,15,16). The molecule has 7 heteroatoms. The molecule has 0 heterocycles. The summed E-state index contributed by atoms with van der Waals surface area (Å²) in [6, 6.07) is -1.14. The van der Waals surface area contributed by atoms with Crippen molar-refractivity contribution in [1.29, 1.82) is 0 Å². The van der Waals surface area contributed by atoms with Gasteiger partial charge in [-0.3, -0.25) is 4.79 Å². The fourth-order valence-electron chi connectivity index (χ4n) is 1.67. The Kier molecular flexibility index (Phi) is 6.96. The predicted molar refractivity (Wildman–Crippen MR) is 75.1 cm³/mol. The molecule has 0 aliphatic heterocycles.